The Balaban J connectivity index is 2.02. The van der Waals surface area contributed by atoms with E-state index in [-0.39, 0.29) is 0 Å². The molecule has 0 spiro atoms. The molecule has 1 aromatic carbocycles. The first-order valence-corrected chi connectivity index (χ1v) is 6.70. The highest BCUT2D eigenvalue weighted by atomic mass is 35.5. The Morgan fingerprint density at radius 1 is 1.30 bits per heavy atom. The van der Waals surface area contributed by atoms with Gasteiger partial charge < -0.3 is 5.32 Å². The Hall–Kier alpha value is -2.12. The highest BCUT2D eigenvalue weighted by molar-refractivity contribution is 6.33. The van der Waals surface area contributed by atoms with Crippen LogP contribution in [0.1, 0.15) is 23.2 Å². The Labute approximate surface area is 121 Å². The fraction of sp³-hybridized carbons (Fsp3) is 0.200. The Bertz CT molecular complexity index is 722. The molecule has 1 aliphatic rings. The molecular formula is C15H11ClFN3. The summed E-state index contributed by atoms with van der Waals surface area (Å²) in [6, 6.07) is 8.02. The van der Waals surface area contributed by atoms with Gasteiger partial charge in [-0.25, -0.2) is 9.37 Å². The molecule has 0 radical (unpaired) electrons. The summed E-state index contributed by atoms with van der Waals surface area (Å²) in [6.45, 7) is 0. The first-order valence-electron chi connectivity index (χ1n) is 6.32. The molecule has 100 valence electrons. The number of pyridine rings is 1. The Morgan fingerprint density at radius 3 is 2.95 bits per heavy atom. The Kier molecular flexibility index (Phi) is 3.29. The van der Waals surface area contributed by atoms with Crippen LogP contribution in [0.2, 0.25) is 5.02 Å². The Morgan fingerprint density at radius 2 is 2.15 bits per heavy atom. The quantitative estimate of drug-likeness (QED) is 0.909. The number of anilines is 2. The first kappa shape index (κ1) is 12.9. The van der Waals surface area contributed by atoms with Crippen LogP contribution in [0.5, 0.6) is 0 Å². The number of aryl methyl sites for hydroxylation is 2. The van der Waals surface area contributed by atoms with E-state index in [1.807, 2.05) is 6.07 Å². The van der Waals surface area contributed by atoms with Crippen molar-refractivity contribution in [1.82, 2.24) is 4.98 Å². The van der Waals surface area contributed by atoms with Crippen molar-refractivity contribution in [2.24, 2.45) is 0 Å². The molecule has 0 aliphatic heterocycles. The topological polar surface area (TPSA) is 48.7 Å². The zero-order chi connectivity index (χ0) is 14.1. The second-order valence-corrected chi connectivity index (χ2v) is 5.11. The molecule has 1 N–H and O–H groups in total. The van der Waals surface area contributed by atoms with E-state index in [9.17, 15) is 9.65 Å². The van der Waals surface area contributed by atoms with Gasteiger partial charge in [0, 0.05) is 5.69 Å². The van der Waals surface area contributed by atoms with Gasteiger partial charge in [-0.2, -0.15) is 5.26 Å². The number of hydrogen-bond acceptors (Lipinski definition) is 3. The number of fused-ring (bicyclic) bond motifs is 1. The molecule has 0 atom stereocenters. The van der Waals surface area contributed by atoms with Gasteiger partial charge in [-0.05, 0) is 49.1 Å². The standard InChI is InChI=1S/C15H11ClFN3/c16-12-5-4-11(17)7-14(12)20-15-10(8-18)6-9-2-1-3-13(9)19-15/h4-7H,1-3H2,(H,19,20). The van der Waals surface area contributed by atoms with Crippen LogP contribution in [-0.4, -0.2) is 4.98 Å². The third-order valence-electron chi connectivity index (χ3n) is 3.35. The lowest BCUT2D eigenvalue weighted by Crippen LogP contribution is -2.01. The summed E-state index contributed by atoms with van der Waals surface area (Å²) >= 11 is 6.02. The van der Waals surface area contributed by atoms with E-state index in [1.165, 1.54) is 18.2 Å². The number of aromatic nitrogens is 1. The molecule has 0 bridgehead atoms. The SMILES string of the molecule is N#Cc1cc2c(nc1Nc1cc(F)ccc1Cl)CCC2. The van der Waals surface area contributed by atoms with Gasteiger partial charge >= 0.3 is 0 Å². The first-order chi connectivity index (χ1) is 9.67. The summed E-state index contributed by atoms with van der Waals surface area (Å²) in [5.41, 5.74) is 2.98. The number of nitrogens with zero attached hydrogens (tertiary/aromatic N) is 2. The van der Waals surface area contributed by atoms with E-state index >= 15 is 0 Å². The lowest BCUT2D eigenvalue weighted by atomic mass is 10.1. The van der Waals surface area contributed by atoms with Crippen molar-refractivity contribution >= 4 is 23.1 Å². The summed E-state index contributed by atoms with van der Waals surface area (Å²) in [5.74, 6) is 0.0391. The minimum Gasteiger partial charge on any atom is -0.338 e. The molecule has 0 fully saturated rings. The zero-order valence-electron chi connectivity index (χ0n) is 10.6. The monoisotopic (exact) mass is 287 g/mol. The minimum absolute atomic E-state index is 0.387. The van der Waals surface area contributed by atoms with E-state index in [0.717, 1.165) is 30.5 Å². The summed E-state index contributed by atoms with van der Waals surface area (Å²) in [4.78, 5) is 4.48. The summed E-state index contributed by atoms with van der Waals surface area (Å²) < 4.78 is 13.3. The van der Waals surface area contributed by atoms with Crippen molar-refractivity contribution < 1.29 is 4.39 Å². The number of rotatable bonds is 2. The zero-order valence-corrected chi connectivity index (χ0v) is 11.3. The van der Waals surface area contributed by atoms with E-state index in [4.69, 9.17) is 11.6 Å². The van der Waals surface area contributed by atoms with Crippen LogP contribution < -0.4 is 5.32 Å². The van der Waals surface area contributed by atoms with Crippen molar-refractivity contribution in [2.75, 3.05) is 5.32 Å². The van der Waals surface area contributed by atoms with Crippen LogP contribution in [0.15, 0.2) is 24.3 Å². The van der Waals surface area contributed by atoms with Crippen LogP contribution in [0.4, 0.5) is 15.9 Å². The molecule has 1 aliphatic carbocycles. The van der Waals surface area contributed by atoms with Crippen molar-refractivity contribution in [3.63, 3.8) is 0 Å². The number of nitriles is 1. The van der Waals surface area contributed by atoms with Crippen molar-refractivity contribution in [2.45, 2.75) is 19.3 Å². The third-order valence-corrected chi connectivity index (χ3v) is 3.68. The average Bonchev–Trinajstić information content (AvgIpc) is 2.89. The molecule has 1 heterocycles. The second-order valence-electron chi connectivity index (χ2n) is 4.70. The summed E-state index contributed by atoms with van der Waals surface area (Å²) in [7, 11) is 0. The molecule has 1 aromatic heterocycles. The highest BCUT2D eigenvalue weighted by Gasteiger charge is 2.17. The molecule has 0 unspecified atom stereocenters. The predicted molar refractivity (Wildman–Crippen MR) is 75.7 cm³/mol. The van der Waals surface area contributed by atoms with Gasteiger partial charge in [0.1, 0.15) is 17.7 Å². The van der Waals surface area contributed by atoms with Crippen LogP contribution in [-0.2, 0) is 12.8 Å². The average molecular weight is 288 g/mol. The predicted octanol–water partition coefficient (Wildman–Crippen LogP) is 3.98. The molecule has 0 saturated heterocycles. The van der Waals surface area contributed by atoms with E-state index < -0.39 is 5.82 Å². The molecule has 5 heteroatoms. The van der Waals surface area contributed by atoms with E-state index in [0.29, 0.717) is 22.1 Å². The van der Waals surface area contributed by atoms with Crippen LogP contribution >= 0.6 is 11.6 Å². The van der Waals surface area contributed by atoms with Crippen molar-refractivity contribution in [3.05, 3.63) is 51.9 Å². The van der Waals surface area contributed by atoms with Gasteiger partial charge in [-0.15, -0.1) is 0 Å². The molecular weight excluding hydrogens is 277 g/mol. The van der Waals surface area contributed by atoms with Crippen molar-refractivity contribution in [1.29, 1.82) is 5.26 Å². The minimum atomic E-state index is -0.392. The molecule has 0 amide bonds. The van der Waals surface area contributed by atoms with Gasteiger partial charge in [0.05, 0.1) is 16.3 Å². The highest BCUT2D eigenvalue weighted by Crippen LogP contribution is 2.30. The van der Waals surface area contributed by atoms with Gasteiger partial charge in [-0.1, -0.05) is 11.6 Å². The molecule has 20 heavy (non-hydrogen) atoms. The van der Waals surface area contributed by atoms with Gasteiger partial charge in [0.25, 0.3) is 0 Å². The van der Waals surface area contributed by atoms with Gasteiger partial charge in [0.15, 0.2) is 0 Å². The maximum Gasteiger partial charge on any atom is 0.148 e. The fourth-order valence-electron chi connectivity index (χ4n) is 2.37. The second kappa shape index (κ2) is 5.10. The maximum absolute atomic E-state index is 13.3. The maximum atomic E-state index is 13.3. The van der Waals surface area contributed by atoms with Crippen LogP contribution in [0, 0.1) is 17.1 Å². The van der Waals surface area contributed by atoms with Gasteiger partial charge in [0.2, 0.25) is 0 Å². The van der Waals surface area contributed by atoms with Crippen LogP contribution in [0.25, 0.3) is 0 Å². The molecule has 2 aromatic rings. The number of halogens is 2. The van der Waals surface area contributed by atoms with Gasteiger partial charge in [-0.3, -0.25) is 0 Å². The van der Waals surface area contributed by atoms with Crippen molar-refractivity contribution in [3.8, 4) is 6.07 Å². The normalized spacial score (nSPS) is 12.8. The fourth-order valence-corrected chi connectivity index (χ4v) is 2.54. The third kappa shape index (κ3) is 2.33. The number of nitrogens with one attached hydrogen (secondary N) is 1. The summed E-state index contributed by atoms with van der Waals surface area (Å²) in [6.07, 6.45) is 2.92. The molecule has 0 saturated carbocycles. The van der Waals surface area contributed by atoms with E-state index in [2.05, 4.69) is 16.4 Å². The molecule has 3 nitrogen and oxygen atoms in total. The lowest BCUT2D eigenvalue weighted by Gasteiger charge is -2.11. The lowest BCUT2D eigenvalue weighted by molar-refractivity contribution is 0.628. The summed E-state index contributed by atoms with van der Waals surface area (Å²) in [5, 5.41) is 12.6. The van der Waals surface area contributed by atoms with Crippen LogP contribution in [0.3, 0.4) is 0 Å². The number of benzene rings is 1. The largest absolute Gasteiger partial charge is 0.338 e. The van der Waals surface area contributed by atoms with E-state index in [1.54, 1.807) is 0 Å². The molecule has 3 rings (SSSR count). The number of hydrogen-bond donors (Lipinski definition) is 1. The smallest absolute Gasteiger partial charge is 0.148 e.